The van der Waals surface area contributed by atoms with Gasteiger partial charge in [0, 0.05) is 45.8 Å². The number of nitrogens with two attached hydrogens (primary N) is 1. The van der Waals surface area contributed by atoms with Gasteiger partial charge in [0.15, 0.2) is 12.6 Å². The van der Waals surface area contributed by atoms with Crippen LogP contribution in [0, 0.1) is 0 Å². The van der Waals surface area contributed by atoms with Crippen LogP contribution in [0.3, 0.4) is 0 Å². The average molecular weight is 567 g/mol. The summed E-state index contributed by atoms with van der Waals surface area (Å²) in [6, 6.07) is -0.0885. The molecular weight excluding hydrogens is 508 g/mol. The molecule has 7 unspecified atom stereocenters. The first-order valence-corrected chi connectivity index (χ1v) is 14.4. The van der Waals surface area contributed by atoms with Crippen LogP contribution in [0.1, 0.15) is 71.6 Å². The zero-order valence-electron chi connectivity index (χ0n) is 25.1. The van der Waals surface area contributed by atoms with Crippen molar-refractivity contribution in [1.29, 1.82) is 0 Å². The lowest BCUT2D eigenvalue weighted by molar-refractivity contribution is -0.178. The van der Waals surface area contributed by atoms with E-state index in [1.165, 1.54) is 6.42 Å². The molecule has 39 heavy (non-hydrogen) atoms. The van der Waals surface area contributed by atoms with E-state index in [2.05, 4.69) is 16.0 Å². The van der Waals surface area contributed by atoms with E-state index in [1.807, 2.05) is 20.9 Å². The van der Waals surface area contributed by atoms with Crippen molar-refractivity contribution >= 4 is 5.91 Å². The van der Waals surface area contributed by atoms with Crippen molar-refractivity contribution in [3.05, 3.63) is 0 Å². The Morgan fingerprint density at radius 3 is 2.28 bits per heavy atom. The molecule has 1 amide bonds. The van der Waals surface area contributed by atoms with Crippen LogP contribution in [0.5, 0.6) is 0 Å². The number of ether oxygens (including phenoxy) is 4. The Morgan fingerprint density at radius 2 is 1.69 bits per heavy atom. The summed E-state index contributed by atoms with van der Waals surface area (Å²) >= 11 is 0. The molecule has 12 nitrogen and oxygen atoms in total. The van der Waals surface area contributed by atoms with Crippen LogP contribution in [0.25, 0.3) is 0 Å². The Morgan fingerprint density at radius 1 is 1.00 bits per heavy atom. The molecule has 2 aliphatic heterocycles. The molecule has 8 N–H and O–H groups in total. The largest absolute Gasteiger partial charge is 0.400 e. The van der Waals surface area contributed by atoms with Gasteiger partial charge in [0.05, 0.1) is 37.4 Å². The average Bonchev–Trinajstić information content (AvgIpc) is 3.39. The number of likely N-dealkylation sites (N-methyl/N-ethyl adjacent to an activating group) is 2. The SMILES string of the molecule is CC.CNCC(O)CC(=O)NC1CC(N)CC(OC2CCC(CO)O2)C1.CNCC1CCC[C@@H](OC)O1.CO. The standard InChI is InChI=1S/C16H31N3O5.C8H17NO2.C2H6.CH4O/c1-18-8-12(21)7-15(22)19-11-4-10(17)5-14(6-11)24-16-3-2-13(9-20)23-16;1-9-6-7-4-3-5-8(10-2)11-7;2*1-2/h10-14,16,18,20-21H,2-9,17H2,1H3,(H,19,22);7-9H,3-6H2,1-2H3;1-2H3;2H,1H3/t;7?,8-;;/m.0../s1. The minimum atomic E-state index is -0.693. The van der Waals surface area contributed by atoms with Gasteiger partial charge in [0.25, 0.3) is 0 Å². The second kappa shape index (κ2) is 23.7. The summed E-state index contributed by atoms with van der Waals surface area (Å²) in [7, 11) is 6.38. The van der Waals surface area contributed by atoms with Crippen LogP contribution in [-0.2, 0) is 23.7 Å². The summed E-state index contributed by atoms with van der Waals surface area (Å²) in [4.78, 5) is 12.0. The van der Waals surface area contributed by atoms with Crippen molar-refractivity contribution in [2.75, 3.05) is 48.0 Å². The maximum absolute atomic E-state index is 12.0. The molecule has 8 atom stereocenters. The molecule has 12 heteroatoms. The molecule has 0 aromatic carbocycles. The smallest absolute Gasteiger partial charge is 0.222 e. The van der Waals surface area contributed by atoms with Gasteiger partial charge in [0.2, 0.25) is 5.91 Å². The number of nitrogens with one attached hydrogen (secondary N) is 3. The van der Waals surface area contributed by atoms with E-state index in [-0.39, 0.29) is 55.8 Å². The molecule has 3 rings (SSSR count). The topological polar surface area (TPSA) is 177 Å². The monoisotopic (exact) mass is 566 g/mol. The maximum atomic E-state index is 12.0. The van der Waals surface area contributed by atoms with E-state index in [1.54, 1.807) is 14.2 Å². The van der Waals surface area contributed by atoms with Crippen molar-refractivity contribution in [3.8, 4) is 0 Å². The zero-order chi connectivity index (χ0) is 29.6. The van der Waals surface area contributed by atoms with Gasteiger partial charge < -0.3 is 56.0 Å². The van der Waals surface area contributed by atoms with E-state index in [0.717, 1.165) is 45.8 Å². The number of aliphatic hydroxyl groups is 3. The van der Waals surface area contributed by atoms with Gasteiger partial charge in [-0.2, -0.15) is 0 Å². The number of methoxy groups -OCH3 is 1. The fourth-order valence-corrected chi connectivity index (χ4v) is 4.88. The molecule has 234 valence electrons. The highest BCUT2D eigenvalue weighted by atomic mass is 16.7. The van der Waals surface area contributed by atoms with E-state index in [4.69, 9.17) is 34.9 Å². The van der Waals surface area contributed by atoms with Gasteiger partial charge in [-0.1, -0.05) is 13.8 Å². The van der Waals surface area contributed by atoms with Gasteiger partial charge in [-0.25, -0.2) is 0 Å². The summed E-state index contributed by atoms with van der Waals surface area (Å²) in [6.45, 7) is 5.33. The van der Waals surface area contributed by atoms with E-state index < -0.39 is 6.10 Å². The third-order valence-corrected chi connectivity index (χ3v) is 6.55. The first-order chi connectivity index (χ1) is 18.9. The van der Waals surface area contributed by atoms with Gasteiger partial charge in [-0.3, -0.25) is 4.79 Å². The van der Waals surface area contributed by atoms with Crippen LogP contribution in [0.15, 0.2) is 0 Å². The Balaban J connectivity index is 0.000000803. The number of aliphatic hydroxyl groups excluding tert-OH is 3. The Bertz CT molecular complexity index is 590. The number of hydrogen-bond donors (Lipinski definition) is 7. The van der Waals surface area contributed by atoms with Crippen molar-refractivity contribution in [1.82, 2.24) is 16.0 Å². The highest BCUT2D eigenvalue weighted by Crippen LogP contribution is 2.27. The minimum Gasteiger partial charge on any atom is -0.400 e. The second-order valence-corrected chi connectivity index (χ2v) is 9.76. The van der Waals surface area contributed by atoms with E-state index in [0.29, 0.717) is 25.5 Å². The van der Waals surface area contributed by atoms with Crippen LogP contribution in [0.4, 0.5) is 0 Å². The summed E-state index contributed by atoms with van der Waals surface area (Å²) in [5.74, 6) is -0.173. The molecule has 1 saturated carbocycles. The van der Waals surface area contributed by atoms with Crippen LogP contribution in [-0.4, -0.2) is 118 Å². The number of carbonyl (C=O) groups excluding carboxylic acids is 1. The van der Waals surface area contributed by atoms with Crippen molar-refractivity contribution in [2.24, 2.45) is 5.73 Å². The first kappa shape index (κ1) is 38.1. The van der Waals surface area contributed by atoms with Crippen molar-refractivity contribution in [2.45, 2.75) is 121 Å². The Hall–Kier alpha value is -0.930. The van der Waals surface area contributed by atoms with E-state index >= 15 is 0 Å². The van der Waals surface area contributed by atoms with Gasteiger partial charge in [-0.15, -0.1) is 0 Å². The third kappa shape index (κ3) is 16.8. The summed E-state index contributed by atoms with van der Waals surface area (Å²) < 4.78 is 22.3. The van der Waals surface area contributed by atoms with E-state index in [9.17, 15) is 9.90 Å². The lowest BCUT2D eigenvalue weighted by atomic mass is 9.89. The molecule has 0 radical (unpaired) electrons. The van der Waals surface area contributed by atoms with Crippen LogP contribution >= 0.6 is 0 Å². The molecule has 0 aromatic rings. The molecule has 2 heterocycles. The molecule has 0 bridgehead atoms. The molecule has 2 saturated heterocycles. The lowest BCUT2D eigenvalue weighted by Gasteiger charge is -2.34. The third-order valence-electron chi connectivity index (χ3n) is 6.55. The fraction of sp³-hybridized carbons (Fsp3) is 0.963. The normalized spacial score (nSPS) is 30.9. The molecule has 3 aliphatic rings. The number of rotatable bonds is 11. The van der Waals surface area contributed by atoms with Gasteiger partial charge >= 0.3 is 0 Å². The molecule has 3 fully saturated rings. The van der Waals surface area contributed by atoms with Gasteiger partial charge in [0.1, 0.15) is 0 Å². The highest BCUT2D eigenvalue weighted by Gasteiger charge is 2.33. The summed E-state index contributed by atoms with van der Waals surface area (Å²) in [5.41, 5.74) is 6.10. The number of carbonyl (C=O) groups is 1. The molecule has 0 aromatic heterocycles. The molecular formula is C27H58N4O8. The first-order valence-electron chi connectivity index (χ1n) is 14.4. The minimum absolute atomic E-state index is 0.0116. The van der Waals surface area contributed by atoms with Crippen LogP contribution in [0.2, 0.25) is 0 Å². The maximum Gasteiger partial charge on any atom is 0.222 e. The quantitative estimate of drug-likeness (QED) is 0.182. The Kier molecular flexibility index (Phi) is 23.2. The van der Waals surface area contributed by atoms with Crippen LogP contribution < -0.4 is 21.7 Å². The van der Waals surface area contributed by atoms with Crippen molar-refractivity contribution < 1.29 is 39.1 Å². The number of amides is 1. The Labute approximate surface area is 235 Å². The predicted octanol–water partition coefficient (Wildman–Crippen LogP) is 0.218. The molecule has 1 aliphatic carbocycles. The lowest BCUT2D eigenvalue weighted by Crippen LogP contribution is -2.48. The summed E-state index contributed by atoms with van der Waals surface area (Å²) in [5, 5.41) is 34.7. The fourth-order valence-electron chi connectivity index (χ4n) is 4.88. The predicted molar refractivity (Wildman–Crippen MR) is 151 cm³/mol. The second-order valence-electron chi connectivity index (χ2n) is 9.76. The molecule has 0 spiro atoms. The van der Waals surface area contributed by atoms with Gasteiger partial charge in [-0.05, 0) is 59.0 Å². The highest BCUT2D eigenvalue weighted by molar-refractivity contribution is 5.76. The number of hydrogen-bond acceptors (Lipinski definition) is 11. The summed E-state index contributed by atoms with van der Waals surface area (Å²) in [6.07, 6.45) is 6.34. The van der Waals surface area contributed by atoms with Crippen molar-refractivity contribution in [3.63, 3.8) is 0 Å². The zero-order valence-corrected chi connectivity index (χ0v) is 25.1.